The number of nitrogens with one attached hydrogen (secondary N) is 2. The topological polar surface area (TPSA) is 102 Å². The Morgan fingerprint density at radius 3 is 2.40 bits per heavy atom. The van der Waals surface area contributed by atoms with Crippen molar-refractivity contribution in [1.29, 1.82) is 0 Å². The Morgan fingerprint density at radius 2 is 1.80 bits per heavy atom. The Labute approximate surface area is 172 Å². The number of alkyl halides is 2. The Balaban J connectivity index is 1.85. The van der Waals surface area contributed by atoms with Gasteiger partial charge in [0, 0.05) is 11.3 Å². The quantitative estimate of drug-likeness (QED) is 0.541. The average molecular weight is 415 g/mol. The molecular formula is C21H23F2N5O2. The number of anilines is 1. The first-order chi connectivity index (χ1) is 14.3. The SMILES string of the molecule is CC[C@H](C)[C@@H](NC(N)=O)C(=O)Nc1ccc(-c2nc3ccccc3n2C(F)F)cc1. The minimum absolute atomic E-state index is 0.122. The molecule has 3 rings (SSSR count). The van der Waals surface area contributed by atoms with Crippen molar-refractivity contribution in [3.8, 4) is 11.4 Å². The molecule has 9 heteroatoms. The van der Waals surface area contributed by atoms with Crippen LogP contribution in [0, 0.1) is 5.92 Å². The molecule has 2 aromatic carbocycles. The fourth-order valence-corrected chi connectivity index (χ4v) is 3.22. The van der Waals surface area contributed by atoms with Crippen molar-refractivity contribution in [3.05, 3.63) is 48.5 Å². The number of nitrogens with two attached hydrogens (primary N) is 1. The normalized spacial score (nSPS) is 13.2. The zero-order valence-corrected chi connectivity index (χ0v) is 16.6. The van der Waals surface area contributed by atoms with E-state index in [0.717, 1.165) is 4.57 Å². The Kier molecular flexibility index (Phi) is 6.29. The van der Waals surface area contributed by atoms with Gasteiger partial charge in [-0.1, -0.05) is 32.4 Å². The van der Waals surface area contributed by atoms with Gasteiger partial charge in [-0.15, -0.1) is 0 Å². The zero-order chi connectivity index (χ0) is 21.8. The zero-order valence-electron chi connectivity index (χ0n) is 16.6. The van der Waals surface area contributed by atoms with Gasteiger partial charge in [-0.2, -0.15) is 8.78 Å². The molecule has 2 atom stereocenters. The van der Waals surface area contributed by atoms with Crippen LogP contribution in [-0.2, 0) is 4.79 Å². The van der Waals surface area contributed by atoms with Crippen LogP contribution >= 0.6 is 0 Å². The van der Waals surface area contributed by atoms with Crippen molar-refractivity contribution in [2.24, 2.45) is 11.7 Å². The summed E-state index contributed by atoms with van der Waals surface area (Å²) in [6, 6.07) is 11.5. The number of carbonyl (C=O) groups excluding carboxylic acids is 2. The number of primary amides is 1. The van der Waals surface area contributed by atoms with Gasteiger partial charge in [0.25, 0.3) is 0 Å². The second-order valence-corrected chi connectivity index (χ2v) is 7.01. The summed E-state index contributed by atoms with van der Waals surface area (Å²) in [6.07, 6.45) is 0.668. The summed E-state index contributed by atoms with van der Waals surface area (Å²) in [7, 11) is 0. The van der Waals surface area contributed by atoms with E-state index < -0.39 is 24.5 Å². The van der Waals surface area contributed by atoms with Crippen molar-refractivity contribution in [2.75, 3.05) is 5.32 Å². The number of para-hydroxylation sites is 2. The average Bonchev–Trinajstić information content (AvgIpc) is 3.11. The molecule has 0 bridgehead atoms. The molecule has 30 heavy (non-hydrogen) atoms. The molecule has 7 nitrogen and oxygen atoms in total. The van der Waals surface area contributed by atoms with E-state index in [1.54, 1.807) is 48.5 Å². The van der Waals surface area contributed by atoms with Crippen molar-refractivity contribution >= 4 is 28.7 Å². The van der Waals surface area contributed by atoms with Crippen LogP contribution in [0.3, 0.4) is 0 Å². The molecule has 0 aliphatic carbocycles. The summed E-state index contributed by atoms with van der Waals surface area (Å²) in [5, 5.41) is 5.17. The van der Waals surface area contributed by atoms with E-state index in [9.17, 15) is 18.4 Å². The standard InChI is InChI=1S/C21H23F2N5O2/c1-3-12(2)17(27-21(24)30)19(29)25-14-10-8-13(9-11-14)18-26-15-6-4-5-7-16(15)28(18)20(22)23/h4-12,17,20H,3H2,1-2H3,(H,25,29)(H3,24,27,30)/t12-,17+/m0/s1. The highest BCUT2D eigenvalue weighted by Crippen LogP contribution is 2.30. The molecule has 158 valence electrons. The van der Waals surface area contributed by atoms with Crippen LogP contribution in [0.1, 0.15) is 26.8 Å². The lowest BCUT2D eigenvalue weighted by molar-refractivity contribution is -0.119. The van der Waals surface area contributed by atoms with E-state index in [-0.39, 0.29) is 11.7 Å². The summed E-state index contributed by atoms with van der Waals surface area (Å²) in [6.45, 7) is 0.985. The summed E-state index contributed by atoms with van der Waals surface area (Å²) < 4.78 is 28.2. The molecule has 3 aromatic rings. The number of hydrogen-bond acceptors (Lipinski definition) is 3. The Bertz CT molecular complexity index is 1050. The minimum Gasteiger partial charge on any atom is -0.352 e. The number of nitrogens with zero attached hydrogens (tertiary/aromatic N) is 2. The number of aromatic nitrogens is 2. The van der Waals surface area contributed by atoms with Crippen LogP contribution in [0.25, 0.3) is 22.4 Å². The largest absolute Gasteiger partial charge is 0.352 e. The van der Waals surface area contributed by atoms with E-state index in [2.05, 4.69) is 15.6 Å². The van der Waals surface area contributed by atoms with E-state index >= 15 is 0 Å². The van der Waals surface area contributed by atoms with Gasteiger partial charge in [-0.25, -0.2) is 9.78 Å². The first-order valence-corrected chi connectivity index (χ1v) is 9.54. The highest BCUT2D eigenvalue weighted by molar-refractivity contribution is 5.97. The summed E-state index contributed by atoms with van der Waals surface area (Å²) in [5.74, 6) is -0.393. The molecule has 0 aliphatic rings. The molecule has 0 fully saturated rings. The van der Waals surface area contributed by atoms with Crippen LogP contribution in [0.2, 0.25) is 0 Å². The van der Waals surface area contributed by atoms with Gasteiger partial charge < -0.3 is 16.4 Å². The number of carbonyl (C=O) groups is 2. The third-order valence-corrected chi connectivity index (χ3v) is 4.99. The van der Waals surface area contributed by atoms with Crippen molar-refractivity contribution in [3.63, 3.8) is 0 Å². The summed E-state index contributed by atoms with van der Waals surface area (Å²) >= 11 is 0. The van der Waals surface area contributed by atoms with Gasteiger partial charge in [0.05, 0.1) is 11.0 Å². The maximum Gasteiger partial charge on any atom is 0.320 e. The number of hydrogen-bond donors (Lipinski definition) is 3. The number of benzene rings is 2. The molecule has 3 amide bonds. The van der Waals surface area contributed by atoms with Crippen molar-refractivity contribution < 1.29 is 18.4 Å². The fourth-order valence-electron chi connectivity index (χ4n) is 3.22. The van der Waals surface area contributed by atoms with Gasteiger partial charge in [0.2, 0.25) is 5.91 Å². The number of amides is 3. The van der Waals surface area contributed by atoms with E-state index in [4.69, 9.17) is 5.73 Å². The third-order valence-electron chi connectivity index (χ3n) is 4.99. The molecule has 0 saturated heterocycles. The molecule has 0 aliphatic heterocycles. The minimum atomic E-state index is -2.75. The van der Waals surface area contributed by atoms with Crippen molar-refractivity contribution in [2.45, 2.75) is 32.9 Å². The number of fused-ring (bicyclic) bond motifs is 1. The summed E-state index contributed by atoms with van der Waals surface area (Å²) in [4.78, 5) is 28.1. The van der Waals surface area contributed by atoms with E-state index in [1.807, 2.05) is 13.8 Å². The Morgan fingerprint density at radius 1 is 1.13 bits per heavy atom. The lowest BCUT2D eigenvalue weighted by atomic mass is 9.98. The fraction of sp³-hybridized carbons (Fsp3) is 0.286. The molecule has 1 aromatic heterocycles. The second-order valence-electron chi connectivity index (χ2n) is 7.01. The van der Waals surface area contributed by atoms with Gasteiger partial charge in [0.15, 0.2) is 0 Å². The van der Waals surface area contributed by atoms with Gasteiger partial charge >= 0.3 is 12.6 Å². The molecule has 4 N–H and O–H groups in total. The summed E-state index contributed by atoms with van der Waals surface area (Å²) in [5.41, 5.74) is 6.93. The van der Waals surface area contributed by atoms with Crippen molar-refractivity contribution in [1.82, 2.24) is 14.9 Å². The third kappa shape index (κ3) is 4.40. The molecule has 1 heterocycles. The van der Waals surface area contributed by atoms with Crippen LogP contribution in [-0.4, -0.2) is 27.5 Å². The Hall–Kier alpha value is -3.49. The lowest BCUT2D eigenvalue weighted by Gasteiger charge is -2.22. The number of imidazole rings is 1. The molecule has 0 saturated carbocycles. The van der Waals surface area contributed by atoms with E-state index in [1.165, 1.54) is 0 Å². The van der Waals surface area contributed by atoms with Crippen LogP contribution < -0.4 is 16.4 Å². The van der Waals surface area contributed by atoms with Crippen LogP contribution in [0.4, 0.5) is 19.3 Å². The van der Waals surface area contributed by atoms with Gasteiger partial charge in [-0.3, -0.25) is 9.36 Å². The highest BCUT2D eigenvalue weighted by Gasteiger charge is 2.25. The molecule has 0 spiro atoms. The monoisotopic (exact) mass is 415 g/mol. The number of urea groups is 1. The molecular weight excluding hydrogens is 392 g/mol. The highest BCUT2D eigenvalue weighted by atomic mass is 19.3. The second kappa shape index (κ2) is 8.89. The van der Waals surface area contributed by atoms with Gasteiger partial charge in [0.1, 0.15) is 11.9 Å². The molecule has 0 radical (unpaired) electrons. The first kappa shape index (κ1) is 21.2. The number of rotatable bonds is 7. The van der Waals surface area contributed by atoms with Crippen LogP contribution in [0.5, 0.6) is 0 Å². The maximum absolute atomic E-state index is 13.7. The lowest BCUT2D eigenvalue weighted by Crippen LogP contribution is -2.49. The first-order valence-electron chi connectivity index (χ1n) is 9.54. The molecule has 0 unspecified atom stereocenters. The smallest absolute Gasteiger partial charge is 0.320 e. The van der Waals surface area contributed by atoms with E-state index in [0.29, 0.717) is 28.7 Å². The predicted octanol–water partition coefficient (Wildman–Crippen LogP) is 4.12. The predicted molar refractivity (Wildman–Crippen MR) is 111 cm³/mol. The van der Waals surface area contributed by atoms with Crippen LogP contribution in [0.15, 0.2) is 48.5 Å². The number of halogens is 2. The van der Waals surface area contributed by atoms with Gasteiger partial charge in [-0.05, 0) is 42.3 Å². The maximum atomic E-state index is 13.7.